The molecule has 0 aliphatic carbocycles. The fourth-order valence-electron chi connectivity index (χ4n) is 2.67. The average molecular weight is 362 g/mol. The number of anilines is 1. The van der Waals surface area contributed by atoms with Crippen LogP contribution in [0.1, 0.15) is 26.5 Å². The standard InChI is InChI=1S/C16H15N3OS3/c1-10-8-22-16(17-10)18-14(20)13-11-4-7-21-9-12(11)23-15(13)19-5-2-3-6-19/h2-3,5-6,8H,4,7,9H2,1H3,(H,17,18,20). The van der Waals surface area contributed by atoms with E-state index < -0.39 is 0 Å². The smallest absolute Gasteiger partial charge is 0.260 e. The number of amides is 1. The number of hydrogen-bond acceptors (Lipinski definition) is 5. The molecule has 4 nitrogen and oxygen atoms in total. The Labute approximate surface area is 146 Å². The van der Waals surface area contributed by atoms with Gasteiger partial charge in [-0.2, -0.15) is 11.8 Å². The lowest BCUT2D eigenvalue weighted by Gasteiger charge is -2.12. The predicted molar refractivity (Wildman–Crippen MR) is 98.3 cm³/mol. The number of nitrogens with zero attached hydrogens (tertiary/aromatic N) is 2. The lowest BCUT2D eigenvalue weighted by atomic mass is 10.1. The molecule has 4 rings (SSSR count). The number of nitrogens with one attached hydrogen (secondary N) is 1. The Hall–Kier alpha value is -1.57. The van der Waals surface area contributed by atoms with E-state index in [1.807, 2.05) is 53.2 Å². The number of thiophene rings is 1. The number of hydrogen-bond donors (Lipinski definition) is 1. The Kier molecular flexibility index (Phi) is 4.00. The van der Waals surface area contributed by atoms with Gasteiger partial charge in [0.15, 0.2) is 5.13 Å². The molecule has 0 aromatic carbocycles. The van der Waals surface area contributed by atoms with Gasteiger partial charge in [0, 0.05) is 28.4 Å². The maximum atomic E-state index is 12.9. The Morgan fingerprint density at radius 2 is 2.17 bits per heavy atom. The summed E-state index contributed by atoms with van der Waals surface area (Å²) in [7, 11) is 0. The maximum absolute atomic E-state index is 12.9. The number of aromatic nitrogens is 2. The average Bonchev–Trinajstić information content (AvgIpc) is 3.25. The fourth-order valence-corrected chi connectivity index (χ4v) is 5.80. The molecule has 118 valence electrons. The molecule has 0 radical (unpaired) electrons. The molecular weight excluding hydrogens is 346 g/mol. The molecule has 1 amide bonds. The van der Waals surface area contributed by atoms with Crippen LogP contribution >= 0.6 is 34.4 Å². The van der Waals surface area contributed by atoms with Crippen LogP contribution in [0.4, 0.5) is 5.13 Å². The zero-order valence-electron chi connectivity index (χ0n) is 12.5. The van der Waals surface area contributed by atoms with Gasteiger partial charge < -0.3 is 4.57 Å². The molecule has 1 N–H and O–H groups in total. The summed E-state index contributed by atoms with van der Waals surface area (Å²) in [5.41, 5.74) is 2.96. The van der Waals surface area contributed by atoms with Crippen molar-refractivity contribution in [1.82, 2.24) is 9.55 Å². The van der Waals surface area contributed by atoms with Crippen molar-refractivity contribution in [3.05, 3.63) is 51.6 Å². The lowest BCUT2D eigenvalue weighted by molar-refractivity contribution is 0.102. The van der Waals surface area contributed by atoms with Crippen molar-refractivity contribution in [3.63, 3.8) is 0 Å². The Morgan fingerprint density at radius 1 is 1.35 bits per heavy atom. The molecule has 0 unspecified atom stereocenters. The normalized spacial score (nSPS) is 13.8. The highest BCUT2D eigenvalue weighted by Gasteiger charge is 2.26. The Morgan fingerprint density at radius 3 is 2.91 bits per heavy atom. The number of aryl methyl sites for hydroxylation is 1. The van der Waals surface area contributed by atoms with Crippen molar-refractivity contribution in [2.75, 3.05) is 11.1 Å². The summed E-state index contributed by atoms with van der Waals surface area (Å²) < 4.78 is 2.04. The fraction of sp³-hybridized carbons (Fsp3) is 0.250. The van der Waals surface area contributed by atoms with Crippen LogP contribution in [0, 0.1) is 6.92 Å². The highest BCUT2D eigenvalue weighted by molar-refractivity contribution is 7.98. The monoisotopic (exact) mass is 361 g/mol. The first-order chi connectivity index (χ1) is 11.2. The Balaban J connectivity index is 1.76. The van der Waals surface area contributed by atoms with Crippen molar-refractivity contribution in [2.45, 2.75) is 19.1 Å². The molecule has 1 aliphatic heterocycles. The molecule has 4 heterocycles. The van der Waals surface area contributed by atoms with E-state index in [0.29, 0.717) is 5.13 Å². The quantitative estimate of drug-likeness (QED) is 0.755. The zero-order chi connectivity index (χ0) is 15.8. The molecule has 23 heavy (non-hydrogen) atoms. The molecule has 1 aliphatic rings. The highest BCUT2D eigenvalue weighted by Crippen LogP contribution is 2.38. The largest absolute Gasteiger partial charge is 0.315 e. The SMILES string of the molecule is Cc1csc(NC(=O)c2c(-n3cccc3)sc3c2CCSC3)n1. The van der Waals surface area contributed by atoms with E-state index in [-0.39, 0.29) is 5.91 Å². The lowest BCUT2D eigenvalue weighted by Crippen LogP contribution is -2.16. The molecular formula is C16H15N3OS3. The summed E-state index contributed by atoms with van der Waals surface area (Å²) in [6.45, 7) is 1.93. The van der Waals surface area contributed by atoms with Crippen LogP contribution in [0.2, 0.25) is 0 Å². The third-order valence-electron chi connectivity index (χ3n) is 3.71. The van der Waals surface area contributed by atoms with Crippen LogP contribution in [-0.2, 0) is 12.2 Å². The van der Waals surface area contributed by atoms with Crippen LogP contribution < -0.4 is 5.32 Å². The molecule has 0 spiro atoms. The molecule has 3 aromatic heterocycles. The number of thioether (sulfide) groups is 1. The molecule has 0 bridgehead atoms. The molecule has 0 saturated carbocycles. The Bertz CT molecular complexity index is 848. The molecule has 0 atom stereocenters. The van der Waals surface area contributed by atoms with E-state index in [2.05, 4.69) is 10.3 Å². The van der Waals surface area contributed by atoms with Gasteiger partial charge in [0.25, 0.3) is 5.91 Å². The van der Waals surface area contributed by atoms with Gasteiger partial charge >= 0.3 is 0 Å². The summed E-state index contributed by atoms with van der Waals surface area (Å²) in [6, 6.07) is 3.97. The number of thiazole rings is 1. The van der Waals surface area contributed by atoms with Gasteiger partial charge in [0.2, 0.25) is 0 Å². The van der Waals surface area contributed by atoms with E-state index in [4.69, 9.17) is 0 Å². The number of fused-ring (bicyclic) bond motifs is 1. The van der Waals surface area contributed by atoms with Gasteiger partial charge in [-0.3, -0.25) is 10.1 Å². The first-order valence-corrected chi connectivity index (χ1v) is 10.2. The second-order valence-electron chi connectivity index (χ2n) is 5.33. The summed E-state index contributed by atoms with van der Waals surface area (Å²) in [4.78, 5) is 18.6. The third kappa shape index (κ3) is 2.84. The van der Waals surface area contributed by atoms with Gasteiger partial charge in [-0.15, -0.1) is 22.7 Å². The van der Waals surface area contributed by atoms with E-state index in [9.17, 15) is 4.79 Å². The number of rotatable bonds is 3. The number of carbonyl (C=O) groups is 1. The molecule has 7 heteroatoms. The molecule has 0 fully saturated rings. The second kappa shape index (κ2) is 6.14. The zero-order valence-corrected chi connectivity index (χ0v) is 15.0. The summed E-state index contributed by atoms with van der Waals surface area (Å²) >= 11 is 5.13. The maximum Gasteiger partial charge on any atom is 0.260 e. The van der Waals surface area contributed by atoms with Crippen LogP contribution in [0.15, 0.2) is 29.9 Å². The molecule has 3 aromatic rings. The minimum atomic E-state index is -0.0487. The van der Waals surface area contributed by atoms with Crippen molar-refractivity contribution in [2.24, 2.45) is 0 Å². The van der Waals surface area contributed by atoms with Gasteiger partial charge in [0.05, 0.1) is 11.3 Å². The summed E-state index contributed by atoms with van der Waals surface area (Å²) in [5.74, 6) is 2.02. The van der Waals surface area contributed by atoms with Crippen LogP contribution in [0.5, 0.6) is 0 Å². The summed E-state index contributed by atoms with van der Waals surface area (Å²) in [5, 5.41) is 6.59. The first kappa shape index (κ1) is 15.0. The minimum absolute atomic E-state index is 0.0487. The van der Waals surface area contributed by atoms with Gasteiger partial charge in [-0.1, -0.05) is 0 Å². The van der Waals surface area contributed by atoms with Crippen LogP contribution in [0.25, 0.3) is 5.00 Å². The highest BCUT2D eigenvalue weighted by atomic mass is 32.2. The van der Waals surface area contributed by atoms with Crippen molar-refractivity contribution >= 4 is 45.5 Å². The predicted octanol–water partition coefficient (Wildman–Crippen LogP) is 4.35. The number of carbonyl (C=O) groups excluding carboxylic acids is 1. The van der Waals surface area contributed by atoms with Gasteiger partial charge in [-0.25, -0.2) is 4.98 Å². The second-order valence-corrected chi connectivity index (χ2v) is 8.37. The third-order valence-corrected chi connectivity index (χ3v) is 7.00. The summed E-state index contributed by atoms with van der Waals surface area (Å²) in [6.07, 6.45) is 4.95. The van der Waals surface area contributed by atoms with E-state index in [1.165, 1.54) is 21.8 Å². The van der Waals surface area contributed by atoms with E-state index >= 15 is 0 Å². The van der Waals surface area contributed by atoms with E-state index in [1.54, 1.807) is 11.3 Å². The van der Waals surface area contributed by atoms with Crippen molar-refractivity contribution < 1.29 is 4.79 Å². The minimum Gasteiger partial charge on any atom is -0.315 e. The molecule has 0 saturated heterocycles. The van der Waals surface area contributed by atoms with Gasteiger partial charge in [0.1, 0.15) is 5.00 Å². The van der Waals surface area contributed by atoms with Gasteiger partial charge in [-0.05, 0) is 36.8 Å². The van der Waals surface area contributed by atoms with Crippen molar-refractivity contribution in [1.29, 1.82) is 0 Å². The van der Waals surface area contributed by atoms with E-state index in [0.717, 1.165) is 34.2 Å². The van der Waals surface area contributed by atoms with Crippen molar-refractivity contribution in [3.8, 4) is 5.00 Å². The topological polar surface area (TPSA) is 46.9 Å². The van der Waals surface area contributed by atoms with Crippen LogP contribution in [0.3, 0.4) is 0 Å². The van der Waals surface area contributed by atoms with Crippen LogP contribution in [-0.4, -0.2) is 21.2 Å². The first-order valence-electron chi connectivity index (χ1n) is 7.31.